The second-order valence-electron chi connectivity index (χ2n) is 8.07. The van der Waals surface area contributed by atoms with Gasteiger partial charge >= 0.3 is 0 Å². The molecule has 0 spiro atoms. The van der Waals surface area contributed by atoms with Gasteiger partial charge in [0, 0.05) is 34.5 Å². The third kappa shape index (κ3) is 3.26. The number of fused-ring (bicyclic) bond motifs is 1. The predicted molar refractivity (Wildman–Crippen MR) is 110 cm³/mol. The molecule has 150 valence electrons. The fraction of sp³-hybridized carbons (Fsp3) is 0.292. The van der Waals surface area contributed by atoms with E-state index in [4.69, 9.17) is 0 Å². The standard InChI is InChI=1S/C24H21FN4O/c25-22-12-15(5-9-21(22)20-4-2-1-3-16(20)13-26)24(30)29(18-6-7-18)19-8-10-23-17(11-19)14-27-28-23/h1-5,9,12,14,18-19H,6-8,10-11H2,(H,27,28). The molecule has 5 rings (SSSR count). The average molecular weight is 400 g/mol. The number of nitriles is 1. The van der Waals surface area contributed by atoms with Gasteiger partial charge in [0.1, 0.15) is 5.82 Å². The Morgan fingerprint density at radius 1 is 1.13 bits per heavy atom. The molecule has 3 aromatic rings. The molecule has 1 N–H and O–H groups in total. The number of benzene rings is 2. The Kier molecular flexibility index (Phi) is 4.59. The SMILES string of the molecule is N#Cc1ccccc1-c1ccc(C(=O)N(C2CC2)C2CCc3[nH]ncc3C2)cc1F. The molecule has 1 unspecified atom stereocenters. The Balaban J connectivity index is 1.44. The van der Waals surface area contributed by atoms with Crippen molar-refractivity contribution in [1.82, 2.24) is 15.1 Å². The smallest absolute Gasteiger partial charge is 0.254 e. The fourth-order valence-corrected chi connectivity index (χ4v) is 4.45. The number of carbonyl (C=O) groups excluding carboxylic acids is 1. The lowest BCUT2D eigenvalue weighted by atomic mass is 9.91. The van der Waals surface area contributed by atoms with E-state index < -0.39 is 5.82 Å². The molecule has 1 amide bonds. The quantitative estimate of drug-likeness (QED) is 0.712. The summed E-state index contributed by atoms with van der Waals surface area (Å²) in [4.78, 5) is 15.3. The van der Waals surface area contributed by atoms with Gasteiger partial charge in [0.05, 0.1) is 17.8 Å². The van der Waals surface area contributed by atoms with Crippen molar-refractivity contribution in [2.45, 2.75) is 44.2 Å². The van der Waals surface area contributed by atoms with Crippen LogP contribution in [-0.4, -0.2) is 33.1 Å². The van der Waals surface area contributed by atoms with Crippen LogP contribution >= 0.6 is 0 Å². The van der Waals surface area contributed by atoms with Crippen LogP contribution < -0.4 is 0 Å². The normalized spacial score (nSPS) is 17.8. The van der Waals surface area contributed by atoms with Crippen LogP contribution in [0.5, 0.6) is 0 Å². The van der Waals surface area contributed by atoms with Crippen molar-refractivity contribution in [1.29, 1.82) is 5.26 Å². The summed E-state index contributed by atoms with van der Waals surface area (Å²) >= 11 is 0. The number of carbonyl (C=O) groups is 1. The molecule has 1 heterocycles. The molecule has 5 nitrogen and oxygen atoms in total. The first kappa shape index (κ1) is 18.6. The van der Waals surface area contributed by atoms with E-state index in [9.17, 15) is 14.4 Å². The van der Waals surface area contributed by atoms with E-state index >= 15 is 0 Å². The summed E-state index contributed by atoms with van der Waals surface area (Å²) in [5.74, 6) is -0.603. The van der Waals surface area contributed by atoms with Gasteiger partial charge in [-0.15, -0.1) is 0 Å². The zero-order chi connectivity index (χ0) is 20.7. The molecule has 1 saturated carbocycles. The highest BCUT2D eigenvalue weighted by atomic mass is 19.1. The molecule has 1 atom stereocenters. The number of rotatable bonds is 4. The molecule has 2 aromatic carbocycles. The molecule has 1 aromatic heterocycles. The first-order chi connectivity index (χ1) is 14.7. The number of hydrogen-bond donors (Lipinski definition) is 1. The van der Waals surface area contributed by atoms with Gasteiger partial charge in [0.15, 0.2) is 0 Å². The highest BCUT2D eigenvalue weighted by Gasteiger charge is 2.39. The lowest BCUT2D eigenvalue weighted by molar-refractivity contribution is 0.0642. The Hall–Kier alpha value is -3.46. The molecule has 0 radical (unpaired) electrons. The van der Waals surface area contributed by atoms with Crippen LogP contribution in [0.1, 0.15) is 46.4 Å². The highest BCUT2D eigenvalue weighted by molar-refractivity contribution is 5.95. The lowest BCUT2D eigenvalue weighted by Crippen LogP contribution is -2.44. The van der Waals surface area contributed by atoms with Gasteiger partial charge in [-0.2, -0.15) is 10.4 Å². The number of H-pyrrole nitrogens is 1. The number of aryl methyl sites for hydroxylation is 1. The van der Waals surface area contributed by atoms with E-state index in [0.29, 0.717) is 22.3 Å². The Labute approximate surface area is 174 Å². The number of amides is 1. The van der Waals surface area contributed by atoms with Crippen molar-refractivity contribution >= 4 is 5.91 Å². The third-order valence-electron chi connectivity index (χ3n) is 6.11. The van der Waals surface area contributed by atoms with E-state index in [1.807, 2.05) is 11.1 Å². The molecule has 0 saturated heterocycles. The minimum absolute atomic E-state index is 0.108. The van der Waals surface area contributed by atoms with Crippen LogP contribution in [0, 0.1) is 17.1 Å². The molecule has 0 bridgehead atoms. The number of aromatic amines is 1. The lowest BCUT2D eigenvalue weighted by Gasteiger charge is -2.34. The fourth-order valence-electron chi connectivity index (χ4n) is 4.45. The van der Waals surface area contributed by atoms with Crippen molar-refractivity contribution in [3.05, 3.63) is 76.9 Å². The highest BCUT2D eigenvalue weighted by Crippen LogP contribution is 2.35. The largest absolute Gasteiger partial charge is 0.332 e. The van der Waals surface area contributed by atoms with E-state index in [1.54, 1.807) is 36.4 Å². The molecule has 2 aliphatic carbocycles. The van der Waals surface area contributed by atoms with Crippen molar-refractivity contribution in [3.63, 3.8) is 0 Å². The summed E-state index contributed by atoms with van der Waals surface area (Å²) in [6.07, 6.45) is 6.37. The maximum absolute atomic E-state index is 15.0. The van der Waals surface area contributed by atoms with Crippen molar-refractivity contribution in [2.24, 2.45) is 0 Å². The molecular weight excluding hydrogens is 379 g/mol. The first-order valence-electron chi connectivity index (χ1n) is 10.3. The maximum Gasteiger partial charge on any atom is 0.254 e. The van der Waals surface area contributed by atoms with Crippen LogP contribution in [0.2, 0.25) is 0 Å². The topological polar surface area (TPSA) is 72.8 Å². The summed E-state index contributed by atoms with van der Waals surface area (Å²) in [5, 5.41) is 16.5. The summed E-state index contributed by atoms with van der Waals surface area (Å²) in [6, 6.07) is 14.0. The van der Waals surface area contributed by atoms with Crippen molar-refractivity contribution in [2.75, 3.05) is 0 Å². The maximum atomic E-state index is 15.0. The van der Waals surface area contributed by atoms with Gasteiger partial charge in [-0.3, -0.25) is 9.89 Å². The number of nitrogens with one attached hydrogen (secondary N) is 1. The van der Waals surface area contributed by atoms with E-state index in [-0.39, 0.29) is 18.0 Å². The minimum Gasteiger partial charge on any atom is -0.332 e. The van der Waals surface area contributed by atoms with Crippen LogP contribution in [0.3, 0.4) is 0 Å². The Bertz CT molecular complexity index is 1160. The van der Waals surface area contributed by atoms with Crippen molar-refractivity contribution in [3.8, 4) is 17.2 Å². The van der Waals surface area contributed by atoms with E-state index in [1.165, 1.54) is 11.6 Å². The predicted octanol–water partition coefficient (Wildman–Crippen LogP) is 4.25. The number of aromatic nitrogens is 2. The van der Waals surface area contributed by atoms with E-state index in [2.05, 4.69) is 16.3 Å². The number of hydrogen-bond acceptors (Lipinski definition) is 3. The van der Waals surface area contributed by atoms with Crippen molar-refractivity contribution < 1.29 is 9.18 Å². The third-order valence-corrected chi connectivity index (χ3v) is 6.11. The van der Waals surface area contributed by atoms with Gasteiger partial charge in [-0.05, 0) is 55.9 Å². The monoisotopic (exact) mass is 400 g/mol. The Morgan fingerprint density at radius 2 is 1.97 bits per heavy atom. The molecule has 0 aliphatic heterocycles. The van der Waals surface area contributed by atoms with Crippen LogP contribution in [0.4, 0.5) is 4.39 Å². The second-order valence-corrected chi connectivity index (χ2v) is 8.07. The van der Waals surface area contributed by atoms with E-state index in [0.717, 1.165) is 37.8 Å². The summed E-state index contributed by atoms with van der Waals surface area (Å²) in [6.45, 7) is 0. The van der Waals surface area contributed by atoms with Gasteiger partial charge in [0.25, 0.3) is 5.91 Å². The zero-order valence-corrected chi connectivity index (χ0v) is 16.4. The van der Waals surface area contributed by atoms with Crippen LogP contribution in [0.15, 0.2) is 48.7 Å². The second kappa shape index (κ2) is 7.42. The summed E-state index contributed by atoms with van der Waals surface area (Å²) in [5.41, 5.74) is 3.96. The summed E-state index contributed by atoms with van der Waals surface area (Å²) in [7, 11) is 0. The Morgan fingerprint density at radius 3 is 2.73 bits per heavy atom. The number of nitrogens with zero attached hydrogens (tertiary/aromatic N) is 3. The van der Waals surface area contributed by atoms with Crippen LogP contribution in [0.25, 0.3) is 11.1 Å². The molecule has 6 heteroatoms. The van der Waals surface area contributed by atoms with Gasteiger partial charge < -0.3 is 4.90 Å². The van der Waals surface area contributed by atoms with Gasteiger partial charge in [-0.25, -0.2) is 4.39 Å². The first-order valence-corrected chi connectivity index (χ1v) is 10.3. The molecule has 1 fully saturated rings. The summed E-state index contributed by atoms with van der Waals surface area (Å²) < 4.78 is 15.0. The zero-order valence-electron chi connectivity index (χ0n) is 16.4. The minimum atomic E-state index is -0.486. The molecular formula is C24H21FN4O. The molecule has 30 heavy (non-hydrogen) atoms. The van der Waals surface area contributed by atoms with Gasteiger partial charge in [-0.1, -0.05) is 24.3 Å². The average Bonchev–Trinajstić information content (AvgIpc) is 3.49. The number of halogens is 1. The van der Waals surface area contributed by atoms with Gasteiger partial charge in [0.2, 0.25) is 0 Å². The molecule has 2 aliphatic rings. The van der Waals surface area contributed by atoms with Crippen LogP contribution in [-0.2, 0) is 12.8 Å².